The molecule has 6 heteroatoms. The summed E-state index contributed by atoms with van der Waals surface area (Å²) in [7, 11) is 0. The molecule has 0 amide bonds. The van der Waals surface area contributed by atoms with Gasteiger partial charge in [0.05, 0.1) is 11.0 Å². The first-order valence-corrected chi connectivity index (χ1v) is 7.27. The zero-order valence-electron chi connectivity index (χ0n) is 12.1. The Morgan fingerprint density at radius 3 is 2.50 bits per heavy atom. The first-order chi connectivity index (χ1) is 10.5. The molecule has 2 aromatic carbocycles. The van der Waals surface area contributed by atoms with E-state index in [2.05, 4.69) is 5.32 Å². The van der Waals surface area contributed by atoms with Gasteiger partial charge in [-0.15, -0.1) is 0 Å². The third-order valence-electron chi connectivity index (χ3n) is 3.47. The van der Waals surface area contributed by atoms with E-state index >= 15 is 0 Å². The van der Waals surface area contributed by atoms with Crippen LogP contribution < -0.4 is 5.32 Å². The lowest BCUT2D eigenvalue weighted by molar-refractivity contribution is -0.385. The van der Waals surface area contributed by atoms with Gasteiger partial charge >= 0.3 is 0 Å². The highest BCUT2D eigenvalue weighted by Crippen LogP contribution is 2.25. The van der Waals surface area contributed by atoms with E-state index in [1.807, 2.05) is 6.92 Å². The smallest absolute Gasteiger partial charge is 0.274 e. The largest absolute Gasteiger partial charge is 0.387 e. The highest BCUT2D eigenvalue weighted by molar-refractivity contribution is 6.30. The summed E-state index contributed by atoms with van der Waals surface area (Å²) in [6.45, 7) is 2.12. The van der Waals surface area contributed by atoms with Crippen LogP contribution in [0.25, 0.3) is 0 Å². The number of rotatable bonds is 6. The molecular weight excluding hydrogens is 304 g/mol. The molecule has 2 atom stereocenters. The lowest BCUT2D eigenvalue weighted by atomic mass is 10.1. The Hall–Kier alpha value is -1.95. The van der Waals surface area contributed by atoms with Crippen LogP contribution >= 0.6 is 11.6 Å². The Morgan fingerprint density at radius 1 is 1.23 bits per heavy atom. The van der Waals surface area contributed by atoms with Crippen LogP contribution in [0.2, 0.25) is 5.02 Å². The summed E-state index contributed by atoms with van der Waals surface area (Å²) >= 11 is 5.81. The number of benzene rings is 2. The second-order valence-corrected chi connectivity index (χ2v) is 5.45. The predicted molar refractivity (Wildman–Crippen MR) is 85.9 cm³/mol. The van der Waals surface area contributed by atoms with Crippen LogP contribution in [-0.4, -0.2) is 16.6 Å². The minimum absolute atomic E-state index is 0.0727. The molecule has 0 aromatic heterocycles. The summed E-state index contributed by atoms with van der Waals surface area (Å²) in [5.74, 6) is 0. The second kappa shape index (κ2) is 7.35. The molecule has 2 N–H and O–H groups in total. The molecule has 0 saturated heterocycles. The van der Waals surface area contributed by atoms with E-state index in [1.54, 1.807) is 42.5 Å². The number of nitro groups is 1. The summed E-state index contributed by atoms with van der Waals surface area (Å²) < 4.78 is 0. The van der Waals surface area contributed by atoms with E-state index in [0.717, 1.165) is 5.56 Å². The fourth-order valence-corrected chi connectivity index (χ4v) is 2.35. The highest BCUT2D eigenvalue weighted by atomic mass is 35.5. The molecule has 2 rings (SSSR count). The maximum Gasteiger partial charge on any atom is 0.274 e. The van der Waals surface area contributed by atoms with Gasteiger partial charge in [-0.1, -0.05) is 41.9 Å². The number of nitrogens with one attached hydrogen (secondary N) is 1. The van der Waals surface area contributed by atoms with Gasteiger partial charge in [0.15, 0.2) is 0 Å². The van der Waals surface area contributed by atoms with Crippen molar-refractivity contribution in [2.24, 2.45) is 0 Å². The number of para-hydroxylation sites is 1. The molecule has 5 nitrogen and oxygen atoms in total. The van der Waals surface area contributed by atoms with E-state index in [-0.39, 0.29) is 18.3 Å². The first kappa shape index (κ1) is 16.4. The normalized spacial score (nSPS) is 13.6. The standard InChI is InChI=1S/C16H17ClN2O3/c1-11(14-4-2-3-5-15(14)19(21)22)18-10-16(20)12-6-8-13(17)9-7-12/h2-9,11,16,18,20H,10H2,1H3. The molecular formula is C16H17ClN2O3. The molecule has 2 aromatic rings. The maximum absolute atomic E-state index is 11.0. The van der Waals surface area contributed by atoms with Crippen LogP contribution in [0, 0.1) is 10.1 Å². The summed E-state index contributed by atoms with van der Waals surface area (Å²) in [6.07, 6.45) is -0.706. The van der Waals surface area contributed by atoms with Gasteiger partial charge in [0.2, 0.25) is 0 Å². The zero-order chi connectivity index (χ0) is 16.1. The van der Waals surface area contributed by atoms with Crippen LogP contribution in [0.15, 0.2) is 48.5 Å². The van der Waals surface area contributed by atoms with Crippen molar-refractivity contribution in [1.29, 1.82) is 0 Å². The van der Waals surface area contributed by atoms with Crippen molar-refractivity contribution < 1.29 is 10.0 Å². The Morgan fingerprint density at radius 2 is 1.86 bits per heavy atom. The topological polar surface area (TPSA) is 75.4 Å². The van der Waals surface area contributed by atoms with Crippen molar-refractivity contribution in [2.45, 2.75) is 19.1 Å². The van der Waals surface area contributed by atoms with Crippen molar-refractivity contribution in [3.05, 3.63) is 74.8 Å². The van der Waals surface area contributed by atoms with Gasteiger partial charge in [0, 0.05) is 29.2 Å². The summed E-state index contributed by atoms with van der Waals surface area (Å²) in [6, 6.07) is 13.3. The van der Waals surface area contributed by atoms with Gasteiger partial charge in [0.1, 0.15) is 0 Å². The van der Waals surface area contributed by atoms with Crippen LogP contribution in [-0.2, 0) is 0 Å². The number of hydrogen-bond acceptors (Lipinski definition) is 4. The highest BCUT2D eigenvalue weighted by Gasteiger charge is 2.18. The molecule has 22 heavy (non-hydrogen) atoms. The number of aliphatic hydroxyl groups is 1. The van der Waals surface area contributed by atoms with E-state index in [9.17, 15) is 15.2 Å². The van der Waals surface area contributed by atoms with Crippen molar-refractivity contribution in [3.63, 3.8) is 0 Å². The average molecular weight is 321 g/mol. The van der Waals surface area contributed by atoms with Crippen molar-refractivity contribution in [1.82, 2.24) is 5.32 Å². The van der Waals surface area contributed by atoms with E-state index in [0.29, 0.717) is 10.6 Å². The van der Waals surface area contributed by atoms with Crippen LogP contribution in [0.4, 0.5) is 5.69 Å². The molecule has 0 saturated carbocycles. The zero-order valence-corrected chi connectivity index (χ0v) is 12.8. The fourth-order valence-electron chi connectivity index (χ4n) is 2.22. The predicted octanol–water partition coefficient (Wildman–Crippen LogP) is 3.63. The SMILES string of the molecule is CC(NCC(O)c1ccc(Cl)cc1)c1ccccc1[N+](=O)[O-]. The van der Waals surface area contributed by atoms with Crippen molar-refractivity contribution in [2.75, 3.05) is 6.54 Å². The van der Waals surface area contributed by atoms with E-state index < -0.39 is 11.0 Å². The molecule has 0 heterocycles. The molecule has 0 aliphatic carbocycles. The molecule has 0 bridgehead atoms. The Balaban J connectivity index is 2.02. The summed E-state index contributed by atoms with van der Waals surface area (Å²) in [5, 5.41) is 24.9. The van der Waals surface area contributed by atoms with E-state index in [1.165, 1.54) is 6.07 Å². The minimum atomic E-state index is -0.706. The first-order valence-electron chi connectivity index (χ1n) is 6.89. The van der Waals surface area contributed by atoms with Gasteiger partial charge < -0.3 is 10.4 Å². The van der Waals surface area contributed by atoms with Crippen LogP contribution in [0.3, 0.4) is 0 Å². The number of halogens is 1. The lowest BCUT2D eigenvalue weighted by Crippen LogP contribution is -2.25. The molecule has 0 radical (unpaired) electrons. The molecule has 0 aliphatic rings. The van der Waals surface area contributed by atoms with E-state index in [4.69, 9.17) is 11.6 Å². The third-order valence-corrected chi connectivity index (χ3v) is 3.72. The third kappa shape index (κ3) is 4.04. The monoisotopic (exact) mass is 320 g/mol. The molecule has 116 valence electrons. The number of hydrogen-bond donors (Lipinski definition) is 2. The average Bonchev–Trinajstić information content (AvgIpc) is 2.53. The Kier molecular flexibility index (Phi) is 5.49. The van der Waals surface area contributed by atoms with Gasteiger partial charge in [-0.2, -0.15) is 0 Å². The molecule has 0 fully saturated rings. The van der Waals surface area contributed by atoms with Crippen molar-refractivity contribution in [3.8, 4) is 0 Å². The lowest BCUT2D eigenvalue weighted by Gasteiger charge is -2.18. The number of nitro benzene ring substituents is 1. The van der Waals surface area contributed by atoms with Crippen molar-refractivity contribution >= 4 is 17.3 Å². The maximum atomic E-state index is 11.0. The minimum Gasteiger partial charge on any atom is -0.387 e. The number of nitrogens with zero attached hydrogens (tertiary/aromatic N) is 1. The fraction of sp³-hybridized carbons (Fsp3) is 0.250. The Labute approximate surface area is 133 Å². The summed E-state index contributed by atoms with van der Waals surface area (Å²) in [4.78, 5) is 10.6. The van der Waals surface area contributed by atoms with Gasteiger partial charge in [0.25, 0.3) is 5.69 Å². The Bertz CT molecular complexity index is 646. The molecule has 0 spiro atoms. The second-order valence-electron chi connectivity index (χ2n) is 5.01. The van der Waals surface area contributed by atoms with Crippen LogP contribution in [0.1, 0.15) is 30.2 Å². The molecule has 2 unspecified atom stereocenters. The van der Waals surface area contributed by atoms with Gasteiger partial charge in [-0.25, -0.2) is 0 Å². The van der Waals surface area contributed by atoms with Gasteiger partial charge in [-0.05, 0) is 24.6 Å². The van der Waals surface area contributed by atoms with Gasteiger partial charge in [-0.3, -0.25) is 10.1 Å². The van der Waals surface area contributed by atoms with Crippen LogP contribution in [0.5, 0.6) is 0 Å². The molecule has 0 aliphatic heterocycles. The number of aliphatic hydroxyl groups excluding tert-OH is 1. The summed E-state index contributed by atoms with van der Waals surface area (Å²) in [5.41, 5.74) is 1.41. The quantitative estimate of drug-likeness (QED) is 0.629.